The molecule has 0 radical (unpaired) electrons. The first-order valence-electron chi connectivity index (χ1n) is 3.57. The molecule has 0 saturated heterocycles. The summed E-state index contributed by atoms with van der Waals surface area (Å²) >= 11 is 5.92. The zero-order chi connectivity index (χ0) is 9.14. The summed E-state index contributed by atoms with van der Waals surface area (Å²) in [4.78, 5) is 0. The van der Waals surface area contributed by atoms with E-state index in [2.05, 4.69) is 0 Å². The normalized spacial score (nSPS) is 9.67. The molecule has 0 bridgehead atoms. The smallest absolute Gasteiger partial charge is 0.126 e. The van der Waals surface area contributed by atoms with Gasteiger partial charge in [0.25, 0.3) is 0 Å². The van der Waals surface area contributed by atoms with E-state index in [0.717, 1.165) is 11.3 Å². The second-order valence-electron chi connectivity index (χ2n) is 2.44. The largest absolute Gasteiger partial charge is 0.497 e. The second kappa shape index (κ2) is 3.68. The third-order valence-corrected chi connectivity index (χ3v) is 2.12. The molecule has 0 amide bonds. The van der Waals surface area contributed by atoms with Crippen molar-refractivity contribution in [2.45, 2.75) is 6.92 Å². The van der Waals surface area contributed by atoms with Gasteiger partial charge in [-0.25, -0.2) is 0 Å². The molecule has 2 nitrogen and oxygen atoms in total. The average Bonchev–Trinajstić information content (AvgIpc) is 2.09. The van der Waals surface area contributed by atoms with E-state index in [1.807, 2.05) is 6.92 Å². The van der Waals surface area contributed by atoms with E-state index in [1.165, 1.54) is 0 Å². The molecular weight excluding hydrogens is 176 g/mol. The predicted molar refractivity (Wildman–Crippen MR) is 49.3 cm³/mol. The van der Waals surface area contributed by atoms with Crippen LogP contribution in [0.25, 0.3) is 0 Å². The molecule has 0 aromatic heterocycles. The SMILES string of the molecule is COc1cc(Cl)c(C)c(OC)c1. The number of methoxy groups -OCH3 is 2. The van der Waals surface area contributed by atoms with Gasteiger partial charge in [-0.1, -0.05) is 11.6 Å². The molecule has 12 heavy (non-hydrogen) atoms. The van der Waals surface area contributed by atoms with Crippen molar-refractivity contribution in [3.8, 4) is 11.5 Å². The maximum atomic E-state index is 5.92. The molecular formula is C9H11ClO2. The Morgan fingerprint density at radius 2 is 1.83 bits per heavy atom. The first kappa shape index (κ1) is 9.20. The lowest BCUT2D eigenvalue weighted by Gasteiger charge is -2.08. The van der Waals surface area contributed by atoms with Crippen LogP contribution in [-0.4, -0.2) is 14.2 Å². The standard InChI is InChI=1S/C9H11ClO2/c1-6-8(10)4-7(11-2)5-9(6)12-3/h4-5H,1-3H3. The van der Waals surface area contributed by atoms with Crippen molar-refractivity contribution < 1.29 is 9.47 Å². The van der Waals surface area contributed by atoms with Crippen molar-refractivity contribution in [3.05, 3.63) is 22.7 Å². The van der Waals surface area contributed by atoms with Gasteiger partial charge in [0.15, 0.2) is 0 Å². The molecule has 1 aromatic rings. The molecule has 0 saturated carbocycles. The van der Waals surface area contributed by atoms with Crippen molar-refractivity contribution in [2.24, 2.45) is 0 Å². The summed E-state index contributed by atoms with van der Waals surface area (Å²) in [5.41, 5.74) is 0.931. The van der Waals surface area contributed by atoms with Gasteiger partial charge in [-0.3, -0.25) is 0 Å². The Balaban J connectivity index is 3.19. The number of hydrogen-bond donors (Lipinski definition) is 0. The van der Waals surface area contributed by atoms with Crippen LogP contribution < -0.4 is 9.47 Å². The minimum Gasteiger partial charge on any atom is -0.497 e. The molecule has 0 heterocycles. The van der Waals surface area contributed by atoms with Crippen LogP contribution in [-0.2, 0) is 0 Å². The summed E-state index contributed by atoms with van der Waals surface area (Å²) in [6, 6.07) is 3.57. The van der Waals surface area contributed by atoms with E-state index in [9.17, 15) is 0 Å². The van der Waals surface area contributed by atoms with E-state index in [4.69, 9.17) is 21.1 Å². The van der Waals surface area contributed by atoms with Gasteiger partial charge in [0, 0.05) is 11.6 Å². The van der Waals surface area contributed by atoms with Crippen LogP contribution in [0, 0.1) is 6.92 Å². The van der Waals surface area contributed by atoms with Crippen molar-refractivity contribution >= 4 is 11.6 Å². The molecule has 1 aromatic carbocycles. The minimum atomic E-state index is 0.659. The monoisotopic (exact) mass is 186 g/mol. The second-order valence-corrected chi connectivity index (χ2v) is 2.84. The van der Waals surface area contributed by atoms with Crippen LogP contribution in [0.4, 0.5) is 0 Å². The Hall–Kier alpha value is -0.890. The van der Waals surface area contributed by atoms with Gasteiger partial charge in [-0.2, -0.15) is 0 Å². The molecule has 0 unspecified atom stereocenters. The Morgan fingerprint density at radius 3 is 2.33 bits per heavy atom. The maximum Gasteiger partial charge on any atom is 0.126 e. The lowest BCUT2D eigenvalue weighted by Crippen LogP contribution is -1.90. The summed E-state index contributed by atoms with van der Waals surface area (Å²) in [7, 11) is 3.21. The summed E-state index contributed by atoms with van der Waals surface area (Å²) in [5.74, 6) is 1.46. The average molecular weight is 187 g/mol. The first-order valence-corrected chi connectivity index (χ1v) is 3.95. The number of halogens is 1. The van der Waals surface area contributed by atoms with Crippen molar-refractivity contribution in [1.82, 2.24) is 0 Å². The predicted octanol–water partition coefficient (Wildman–Crippen LogP) is 2.67. The van der Waals surface area contributed by atoms with Crippen LogP contribution in [0.5, 0.6) is 11.5 Å². The van der Waals surface area contributed by atoms with Crippen LogP contribution in [0.3, 0.4) is 0 Å². The highest BCUT2D eigenvalue weighted by atomic mass is 35.5. The summed E-state index contributed by atoms with van der Waals surface area (Å²) in [6.07, 6.45) is 0. The number of hydrogen-bond acceptors (Lipinski definition) is 2. The molecule has 0 aliphatic carbocycles. The lowest BCUT2D eigenvalue weighted by atomic mass is 10.2. The molecule has 0 aliphatic rings. The highest BCUT2D eigenvalue weighted by molar-refractivity contribution is 6.31. The van der Waals surface area contributed by atoms with Gasteiger partial charge in [0.2, 0.25) is 0 Å². The van der Waals surface area contributed by atoms with Gasteiger partial charge in [-0.05, 0) is 13.0 Å². The van der Waals surface area contributed by atoms with Gasteiger partial charge in [-0.15, -0.1) is 0 Å². The van der Waals surface area contributed by atoms with Gasteiger partial charge in [0.05, 0.1) is 19.2 Å². The lowest BCUT2D eigenvalue weighted by molar-refractivity contribution is 0.392. The van der Waals surface area contributed by atoms with E-state index in [-0.39, 0.29) is 0 Å². The van der Waals surface area contributed by atoms with Crippen LogP contribution in [0.15, 0.2) is 12.1 Å². The molecule has 0 N–H and O–H groups in total. The minimum absolute atomic E-state index is 0.659. The highest BCUT2D eigenvalue weighted by Crippen LogP contribution is 2.30. The van der Waals surface area contributed by atoms with E-state index in [1.54, 1.807) is 26.4 Å². The molecule has 0 fully saturated rings. The molecule has 0 atom stereocenters. The zero-order valence-corrected chi connectivity index (χ0v) is 8.11. The quantitative estimate of drug-likeness (QED) is 0.707. The first-order chi connectivity index (χ1) is 5.69. The van der Waals surface area contributed by atoms with E-state index < -0.39 is 0 Å². The van der Waals surface area contributed by atoms with Crippen LogP contribution >= 0.6 is 11.6 Å². The Kier molecular flexibility index (Phi) is 2.82. The Labute approximate surface area is 77.1 Å². The number of benzene rings is 1. The fraction of sp³-hybridized carbons (Fsp3) is 0.333. The van der Waals surface area contributed by atoms with Crippen molar-refractivity contribution in [1.29, 1.82) is 0 Å². The number of rotatable bonds is 2. The molecule has 3 heteroatoms. The van der Waals surface area contributed by atoms with Crippen LogP contribution in [0.1, 0.15) is 5.56 Å². The fourth-order valence-corrected chi connectivity index (χ4v) is 1.16. The van der Waals surface area contributed by atoms with Crippen LogP contribution in [0.2, 0.25) is 5.02 Å². The third-order valence-electron chi connectivity index (χ3n) is 1.73. The van der Waals surface area contributed by atoms with Gasteiger partial charge < -0.3 is 9.47 Å². The summed E-state index contributed by atoms with van der Waals surface area (Å²) in [5, 5.41) is 0.659. The Bertz CT molecular complexity index is 284. The van der Waals surface area contributed by atoms with Crippen molar-refractivity contribution in [3.63, 3.8) is 0 Å². The fourth-order valence-electron chi connectivity index (χ4n) is 0.960. The summed E-state index contributed by atoms with van der Waals surface area (Å²) < 4.78 is 10.1. The zero-order valence-electron chi connectivity index (χ0n) is 7.35. The third kappa shape index (κ3) is 1.64. The maximum absolute atomic E-state index is 5.92. The van der Waals surface area contributed by atoms with Gasteiger partial charge >= 0.3 is 0 Å². The molecule has 66 valence electrons. The summed E-state index contributed by atoms with van der Waals surface area (Å²) in [6.45, 7) is 1.90. The molecule has 0 aliphatic heterocycles. The van der Waals surface area contributed by atoms with Gasteiger partial charge in [0.1, 0.15) is 11.5 Å². The van der Waals surface area contributed by atoms with E-state index in [0.29, 0.717) is 10.8 Å². The Morgan fingerprint density at radius 1 is 1.17 bits per heavy atom. The molecule has 0 spiro atoms. The van der Waals surface area contributed by atoms with E-state index >= 15 is 0 Å². The topological polar surface area (TPSA) is 18.5 Å². The molecule has 1 rings (SSSR count). The number of ether oxygens (including phenoxy) is 2. The highest BCUT2D eigenvalue weighted by Gasteiger charge is 2.05. The van der Waals surface area contributed by atoms with Crippen molar-refractivity contribution in [2.75, 3.05) is 14.2 Å².